The Labute approximate surface area is 144 Å². The zero-order valence-corrected chi connectivity index (χ0v) is 15.3. The van der Waals surface area contributed by atoms with Crippen molar-refractivity contribution in [3.63, 3.8) is 0 Å². The fourth-order valence-corrected chi connectivity index (χ4v) is 2.91. The fourth-order valence-electron chi connectivity index (χ4n) is 2.91. The molecule has 2 amide bonds. The van der Waals surface area contributed by atoms with Gasteiger partial charge in [-0.1, -0.05) is 33.8 Å². The number of carbonyl (C=O) groups excluding carboxylic acids is 2. The van der Waals surface area contributed by atoms with Gasteiger partial charge in [0.15, 0.2) is 0 Å². The van der Waals surface area contributed by atoms with Gasteiger partial charge in [-0.05, 0) is 23.6 Å². The van der Waals surface area contributed by atoms with E-state index < -0.39 is 0 Å². The van der Waals surface area contributed by atoms with Gasteiger partial charge in [0.2, 0.25) is 5.91 Å². The normalized spacial score (nSPS) is 15.1. The first kappa shape index (κ1) is 18.3. The number of rotatable bonds is 4. The molecule has 0 bridgehead atoms. The third kappa shape index (κ3) is 3.89. The van der Waals surface area contributed by atoms with Crippen molar-refractivity contribution in [1.82, 2.24) is 9.80 Å². The highest BCUT2D eigenvalue weighted by molar-refractivity contribution is 5.97. The Morgan fingerprint density at radius 1 is 1.00 bits per heavy atom. The molecule has 0 aromatic heterocycles. The molecule has 1 heterocycles. The molecule has 2 rings (SSSR count). The number of carbonyl (C=O) groups is 2. The SMILES string of the molecule is COc1cc(C(C)C)ccc1C(=O)N1CCN(C(=O)C(C)C)CC1. The average Bonchev–Trinajstić information content (AvgIpc) is 2.59. The Balaban J connectivity index is 2.09. The molecule has 0 spiro atoms. The first-order valence-electron chi connectivity index (χ1n) is 8.61. The summed E-state index contributed by atoms with van der Waals surface area (Å²) in [6, 6.07) is 5.78. The minimum atomic E-state index is -0.0289. The van der Waals surface area contributed by atoms with Gasteiger partial charge in [0.1, 0.15) is 5.75 Å². The van der Waals surface area contributed by atoms with Crippen LogP contribution in [0.5, 0.6) is 5.75 Å². The molecule has 0 N–H and O–H groups in total. The molecule has 1 aromatic rings. The van der Waals surface area contributed by atoms with E-state index in [1.807, 2.05) is 36.9 Å². The molecule has 1 aliphatic rings. The molecular weight excluding hydrogens is 304 g/mol. The number of hydrogen-bond acceptors (Lipinski definition) is 3. The van der Waals surface area contributed by atoms with Crippen molar-refractivity contribution in [3.8, 4) is 5.75 Å². The van der Waals surface area contributed by atoms with E-state index >= 15 is 0 Å². The van der Waals surface area contributed by atoms with Crippen molar-refractivity contribution in [3.05, 3.63) is 29.3 Å². The summed E-state index contributed by atoms with van der Waals surface area (Å²) >= 11 is 0. The van der Waals surface area contributed by atoms with Crippen LogP contribution >= 0.6 is 0 Å². The Morgan fingerprint density at radius 2 is 1.58 bits per heavy atom. The molecule has 5 heteroatoms. The molecule has 0 saturated carbocycles. The molecule has 5 nitrogen and oxygen atoms in total. The molecule has 24 heavy (non-hydrogen) atoms. The van der Waals surface area contributed by atoms with E-state index in [9.17, 15) is 9.59 Å². The van der Waals surface area contributed by atoms with Crippen LogP contribution in [0.15, 0.2) is 18.2 Å². The number of methoxy groups -OCH3 is 1. The second-order valence-electron chi connectivity index (χ2n) is 6.89. The predicted octanol–water partition coefficient (Wildman–Crippen LogP) is 2.76. The largest absolute Gasteiger partial charge is 0.496 e. The Hall–Kier alpha value is -2.04. The standard InChI is InChI=1S/C19H28N2O3/c1-13(2)15-6-7-16(17(12-15)24-5)19(23)21-10-8-20(9-11-21)18(22)14(3)4/h6-7,12-14H,8-11H2,1-5H3. The van der Waals surface area contributed by atoms with Crippen LogP contribution in [0.3, 0.4) is 0 Å². The maximum Gasteiger partial charge on any atom is 0.257 e. The lowest BCUT2D eigenvalue weighted by Crippen LogP contribution is -2.51. The highest BCUT2D eigenvalue weighted by atomic mass is 16.5. The lowest BCUT2D eigenvalue weighted by molar-refractivity contribution is -0.135. The third-order valence-corrected chi connectivity index (χ3v) is 4.50. The average molecular weight is 332 g/mol. The lowest BCUT2D eigenvalue weighted by Gasteiger charge is -2.35. The first-order chi connectivity index (χ1) is 11.3. The van der Waals surface area contributed by atoms with Crippen molar-refractivity contribution >= 4 is 11.8 Å². The van der Waals surface area contributed by atoms with E-state index in [2.05, 4.69) is 13.8 Å². The molecule has 1 fully saturated rings. The quantitative estimate of drug-likeness (QED) is 0.852. The molecule has 0 atom stereocenters. The number of amides is 2. The molecule has 0 unspecified atom stereocenters. The molecule has 1 aliphatic heterocycles. The highest BCUT2D eigenvalue weighted by Gasteiger charge is 2.27. The summed E-state index contributed by atoms with van der Waals surface area (Å²) in [6.07, 6.45) is 0. The second-order valence-corrected chi connectivity index (χ2v) is 6.89. The summed E-state index contributed by atoms with van der Waals surface area (Å²) in [6.45, 7) is 10.3. The van der Waals surface area contributed by atoms with Crippen molar-refractivity contribution in [2.75, 3.05) is 33.3 Å². The smallest absolute Gasteiger partial charge is 0.257 e. The highest BCUT2D eigenvalue weighted by Crippen LogP contribution is 2.26. The number of hydrogen-bond donors (Lipinski definition) is 0. The van der Waals surface area contributed by atoms with Crippen LogP contribution in [0.1, 0.15) is 49.5 Å². The summed E-state index contributed by atoms with van der Waals surface area (Å²) in [5.41, 5.74) is 1.74. The molecular formula is C19H28N2O3. The van der Waals surface area contributed by atoms with Gasteiger partial charge in [0, 0.05) is 32.1 Å². The maximum atomic E-state index is 12.8. The van der Waals surface area contributed by atoms with E-state index in [1.54, 1.807) is 12.0 Å². The Morgan fingerprint density at radius 3 is 2.08 bits per heavy atom. The number of nitrogens with zero attached hydrogens (tertiary/aromatic N) is 2. The van der Waals surface area contributed by atoms with E-state index in [0.717, 1.165) is 5.56 Å². The second kappa shape index (κ2) is 7.69. The predicted molar refractivity (Wildman–Crippen MR) is 94.4 cm³/mol. The lowest BCUT2D eigenvalue weighted by atomic mass is 10.0. The molecule has 0 aliphatic carbocycles. The topological polar surface area (TPSA) is 49.9 Å². The summed E-state index contributed by atoms with van der Waals surface area (Å²) in [5, 5.41) is 0. The van der Waals surface area contributed by atoms with Crippen molar-refractivity contribution in [1.29, 1.82) is 0 Å². The summed E-state index contributed by atoms with van der Waals surface area (Å²) < 4.78 is 5.43. The molecule has 1 saturated heterocycles. The summed E-state index contributed by atoms with van der Waals surface area (Å²) in [5.74, 6) is 1.12. The van der Waals surface area contributed by atoms with Crippen LogP contribution in [0.2, 0.25) is 0 Å². The zero-order valence-electron chi connectivity index (χ0n) is 15.3. The Bertz CT molecular complexity index is 603. The number of piperazine rings is 1. The molecule has 132 valence electrons. The number of ether oxygens (including phenoxy) is 1. The fraction of sp³-hybridized carbons (Fsp3) is 0.579. The van der Waals surface area contributed by atoms with Crippen molar-refractivity contribution in [2.45, 2.75) is 33.6 Å². The maximum absolute atomic E-state index is 12.8. The van der Waals surface area contributed by atoms with Gasteiger partial charge < -0.3 is 14.5 Å². The van der Waals surface area contributed by atoms with E-state index in [-0.39, 0.29) is 17.7 Å². The van der Waals surface area contributed by atoms with Crippen LogP contribution in [-0.2, 0) is 4.79 Å². The third-order valence-electron chi connectivity index (χ3n) is 4.50. The van der Waals surface area contributed by atoms with E-state index in [1.165, 1.54) is 0 Å². The minimum absolute atomic E-state index is 0.00377. The van der Waals surface area contributed by atoms with Crippen LogP contribution < -0.4 is 4.74 Å². The Kier molecular flexibility index (Phi) is 5.86. The summed E-state index contributed by atoms with van der Waals surface area (Å²) in [4.78, 5) is 28.5. The minimum Gasteiger partial charge on any atom is -0.496 e. The van der Waals surface area contributed by atoms with Crippen LogP contribution in [0.4, 0.5) is 0 Å². The van der Waals surface area contributed by atoms with E-state index in [0.29, 0.717) is 43.4 Å². The van der Waals surface area contributed by atoms with Gasteiger partial charge in [-0.15, -0.1) is 0 Å². The van der Waals surface area contributed by atoms with Gasteiger partial charge in [0.25, 0.3) is 5.91 Å². The van der Waals surface area contributed by atoms with Crippen LogP contribution in [-0.4, -0.2) is 54.9 Å². The van der Waals surface area contributed by atoms with Gasteiger partial charge >= 0.3 is 0 Å². The summed E-state index contributed by atoms with van der Waals surface area (Å²) in [7, 11) is 1.59. The van der Waals surface area contributed by atoms with Gasteiger partial charge in [-0.25, -0.2) is 0 Å². The molecule has 1 aromatic carbocycles. The van der Waals surface area contributed by atoms with Gasteiger partial charge in [0.05, 0.1) is 12.7 Å². The van der Waals surface area contributed by atoms with Crippen molar-refractivity contribution in [2.24, 2.45) is 5.92 Å². The number of benzene rings is 1. The van der Waals surface area contributed by atoms with Crippen LogP contribution in [0.25, 0.3) is 0 Å². The van der Waals surface area contributed by atoms with Gasteiger partial charge in [-0.3, -0.25) is 9.59 Å². The zero-order chi connectivity index (χ0) is 17.9. The van der Waals surface area contributed by atoms with E-state index in [4.69, 9.17) is 4.74 Å². The monoisotopic (exact) mass is 332 g/mol. The van der Waals surface area contributed by atoms with Gasteiger partial charge in [-0.2, -0.15) is 0 Å². The van der Waals surface area contributed by atoms with Crippen molar-refractivity contribution < 1.29 is 14.3 Å². The first-order valence-corrected chi connectivity index (χ1v) is 8.61. The van der Waals surface area contributed by atoms with Crippen LogP contribution in [0, 0.1) is 5.92 Å². The molecule has 0 radical (unpaired) electrons.